The summed E-state index contributed by atoms with van der Waals surface area (Å²) in [5, 5.41) is 1.47. The lowest BCUT2D eigenvalue weighted by Crippen LogP contribution is -2.35. The summed E-state index contributed by atoms with van der Waals surface area (Å²) in [5.74, 6) is 1.25. The number of rotatable bonds is 4. The zero-order valence-electron chi connectivity index (χ0n) is 13.2. The molecule has 2 aliphatic rings. The summed E-state index contributed by atoms with van der Waals surface area (Å²) in [7, 11) is 0. The molecular weight excluding hydrogens is 312 g/mol. The van der Waals surface area contributed by atoms with Gasteiger partial charge in [-0.05, 0) is 50.2 Å². The van der Waals surface area contributed by atoms with Gasteiger partial charge in [-0.2, -0.15) is 0 Å². The molecule has 23 heavy (non-hydrogen) atoms. The van der Waals surface area contributed by atoms with Crippen molar-refractivity contribution in [2.75, 3.05) is 0 Å². The maximum atomic E-state index is 12.2. The van der Waals surface area contributed by atoms with Crippen LogP contribution in [0.15, 0.2) is 18.3 Å². The largest absolute Gasteiger partial charge is 0.487 e. The van der Waals surface area contributed by atoms with Crippen molar-refractivity contribution in [3.8, 4) is 5.75 Å². The molecule has 4 rings (SSSR count). The third kappa shape index (κ3) is 2.27. The van der Waals surface area contributed by atoms with Gasteiger partial charge < -0.3 is 10.5 Å². The van der Waals surface area contributed by atoms with Gasteiger partial charge in [0, 0.05) is 17.6 Å². The Balaban J connectivity index is 1.56. The number of hydrogen-bond acceptors (Lipinski definition) is 3. The fraction of sp³-hybridized carbons (Fsp3) is 0.500. The fourth-order valence-electron chi connectivity index (χ4n) is 3.99. The lowest BCUT2D eigenvalue weighted by molar-refractivity contribution is 0.0967. The first kappa shape index (κ1) is 15.0. The molecule has 1 aliphatic carbocycles. The Bertz CT molecular complexity index is 775. The molecule has 1 saturated carbocycles. The molecule has 1 unspecified atom stereocenters. The normalized spacial score (nSPS) is 24.6. The van der Waals surface area contributed by atoms with E-state index in [2.05, 4.69) is 6.92 Å². The lowest BCUT2D eigenvalue weighted by Gasteiger charge is -2.32. The van der Waals surface area contributed by atoms with E-state index < -0.39 is 0 Å². The molecule has 1 aromatic carbocycles. The van der Waals surface area contributed by atoms with Crippen LogP contribution in [0.5, 0.6) is 5.75 Å². The minimum atomic E-state index is -0.00752. The maximum Gasteiger partial charge on any atom is 0.263 e. The SMILES string of the molecule is CCC(N)C1CCC(Oc2c(Cl)cc3c4ccn(c24)C3=O)CC1. The van der Waals surface area contributed by atoms with E-state index in [1.54, 1.807) is 16.8 Å². The lowest BCUT2D eigenvalue weighted by atomic mass is 9.82. The molecule has 1 aliphatic heterocycles. The van der Waals surface area contributed by atoms with Crippen LogP contribution < -0.4 is 10.5 Å². The molecule has 4 bridgehead atoms. The Labute approximate surface area is 140 Å². The molecular formula is C18H21ClN2O2. The van der Waals surface area contributed by atoms with E-state index in [0.717, 1.165) is 43.0 Å². The van der Waals surface area contributed by atoms with Gasteiger partial charge in [-0.3, -0.25) is 9.36 Å². The van der Waals surface area contributed by atoms with E-state index >= 15 is 0 Å². The summed E-state index contributed by atoms with van der Waals surface area (Å²) in [6, 6.07) is 3.98. The summed E-state index contributed by atoms with van der Waals surface area (Å²) in [6.45, 7) is 2.14. The van der Waals surface area contributed by atoms with Crippen LogP contribution in [0.25, 0.3) is 10.9 Å². The number of nitrogens with zero attached hydrogens (tertiary/aromatic N) is 1. The fourth-order valence-corrected chi connectivity index (χ4v) is 4.23. The number of nitrogens with two attached hydrogens (primary N) is 1. The predicted molar refractivity (Wildman–Crippen MR) is 91.3 cm³/mol. The van der Waals surface area contributed by atoms with Crippen molar-refractivity contribution in [2.45, 2.75) is 51.2 Å². The second-order valence-electron chi connectivity index (χ2n) is 6.71. The van der Waals surface area contributed by atoms with Gasteiger partial charge in [0.05, 0.1) is 16.7 Å². The Morgan fingerprint density at radius 2 is 2.13 bits per heavy atom. The van der Waals surface area contributed by atoms with E-state index in [-0.39, 0.29) is 12.0 Å². The second-order valence-corrected chi connectivity index (χ2v) is 7.12. The van der Waals surface area contributed by atoms with Gasteiger partial charge in [0.15, 0.2) is 5.75 Å². The summed E-state index contributed by atoms with van der Waals surface area (Å²) >= 11 is 6.37. The van der Waals surface area contributed by atoms with Crippen molar-refractivity contribution in [2.24, 2.45) is 11.7 Å². The molecule has 0 spiro atoms. The Hall–Kier alpha value is -1.52. The summed E-state index contributed by atoms with van der Waals surface area (Å²) in [6.07, 6.45) is 7.15. The second kappa shape index (κ2) is 5.53. The summed E-state index contributed by atoms with van der Waals surface area (Å²) < 4.78 is 7.88. The minimum absolute atomic E-state index is 0.00752. The highest BCUT2D eigenvalue weighted by atomic mass is 35.5. The van der Waals surface area contributed by atoms with Crippen LogP contribution in [0.1, 0.15) is 49.4 Å². The average molecular weight is 333 g/mol. The first-order valence-corrected chi connectivity index (χ1v) is 8.78. The van der Waals surface area contributed by atoms with E-state index in [1.165, 1.54) is 0 Å². The van der Waals surface area contributed by atoms with Crippen molar-refractivity contribution in [1.82, 2.24) is 4.57 Å². The molecule has 0 amide bonds. The number of aromatic nitrogens is 1. The van der Waals surface area contributed by atoms with Crippen molar-refractivity contribution in [1.29, 1.82) is 0 Å². The van der Waals surface area contributed by atoms with Gasteiger partial charge in [-0.25, -0.2) is 0 Å². The molecule has 1 fully saturated rings. The standard InChI is InChI=1S/C18H21ClN2O2/c1-2-15(20)10-3-5-11(6-4-10)23-17-14(19)9-13-12-7-8-21(16(12)17)18(13)22/h7-11,15H,2-6,20H2,1H3. The zero-order valence-corrected chi connectivity index (χ0v) is 14.0. The number of halogens is 1. The van der Waals surface area contributed by atoms with Gasteiger partial charge in [0.1, 0.15) is 5.52 Å². The molecule has 2 aromatic rings. The van der Waals surface area contributed by atoms with E-state index in [9.17, 15) is 4.79 Å². The van der Waals surface area contributed by atoms with Crippen molar-refractivity contribution >= 4 is 28.4 Å². The summed E-state index contributed by atoms with van der Waals surface area (Å²) in [5.41, 5.74) is 7.67. The topological polar surface area (TPSA) is 57.2 Å². The third-order valence-corrected chi connectivity index (χ3v) is 5.69. The van der Waals surface area contributed by atoms with E-state index in [0.29, 0.717) is 28.3 Å². The van der Waals surface area contributed by atoms with Gasteiger partial charge >= 0.3 is 0 Å². The molecule has 0 saturated heterocycles. The van der Waals surface area contributed by atoms with Gasteiger partial charge in [-0.1, -0.05) is 18.5 Å². The quantitative estimate of drug-likeness (QED) is 0.786. The molecule has 1 atom stereocenters. The highest BCUT2D eigenvalue weighted by molar-refractivity contribution is 6.35. The van der Waals surface area contributed by atoms with Crippen LogP contribution in [-0.4, -0.2) is 22.6 Å². The molecule has 122 valence electrons. The van der Waals surface area contributed by atoms with Crippen LogP contribution in [0.2, 0.25) is 5.02 Å². The minimum Gasteiger partial charge on any atom is -0.487 e. The van der Waals surface area contributed by atoms with Crippen molar-refractivity contribution in [3.05, 3.63) is 28.9 Å². The molecule has 5 heteroatoms. The monoisotopic (exact) mass is 332 g/mol. The van der Waals surface area contributed by atoms with Crippen LogP contribution in [0.3, 0.4) is 0 Å². The van der Waals surface area contributed by atoms with E-state index in [4.69, 9.17) is 22.1 Å². The molecule has 1 aromatic heterocycles. The molecule has 4 nitrogen and oxygen atoms in total. The zero-order chi connectivity index (χ0) is 16.1. The van der Waals surface area contributed by atoms with Gasteiger partial charge in [0.2, 0.25) is 0 Å². The number of benzene rings is 1. The van der Waals surface area contributed by atoms with Crippen LogP contribution in [-0.2, 0) is 0 Å². The third-order valence-electron chi connectivity index (χ3n) is 5.41. The van der Waals surface area contributed by atoms with Gasteiger partial charge in [-0.15, -0.1) is 0 Å². The van der Waals surface area contributed by atoms with E-state index in [1.807, 2.05) is 6.07 Å². The van der Waals surface area contributed by atoms with Crippen LogP contribution >= 0.6 is 11.6 Å². The maximum absolute atomic E-state index is 12.2. The average Bonchev–Trinajstić information content (AvgIpc) is 3.07. The number of ether oxygens (including phenoxy) is 1. The first-order chi connectivity index (χ1) is 11.1. The van der Waals surface area contributed by atoms with Crippen LogP contribution in [0, 0.1) is 5.92 Å². The highest BCUT2D eigenvalue weighted by Crippen LogP contribution is 2.43. The van der Waals surface area contributed by atoms with Crippen LogP contribution in [0.4, 0.5) is 0 Å². The molecule has 0 radical (unpaired) electrons. The number of carbonyl (C=O) groups is 1. The molecule has 2 N–H and O–H groups in total. The Morgan fingerprint density at radius 3 is 2.83 bits per heavy atom. The summed E-state index contributed by atoms with van der Waals surface area (Å²) in [4.78, 5) is 12.2. The Kier molecular flexibility index (Phi) is 3.62. The Morgan fingerprint density at radius 1 is 1.39 bits per heavy atom. The first-order valence-electron chi connectivity index (χ1n) is 8.40. The highest BCUT2D eigenvalue weighted by Gasteiger charge is 2.31. The van der Waals surface area contributed by atoms with Gasteiger partial charge in [0.25, 0.3) is 5.91 Å². The number of carbonyl (C=O) groups excluding carboxylic acids is 1. The van der Waals surface area contributed by atoms with Crippen molar-refractivity contribution < 1.29 is 9.53 Å². The smallest absolute Gasteiger partial charge is 0.263 e. The van der Waals surface area contributed by atoms with Crippen molar-refractivity contribution in [3.63, 3.8) is 0 Å². The molecule has 2 heterocycles. The number of hydrogen-bond donors (Lipinski definition) is 1. The predicted octanol–water partition coefficient (Wildman–Crippen LogP) is 3.97.